The van der Waals surface area contributed by atoms with Gasteiger partial charge in [0.15, 0.2) is 0 Å². The normalized spacial score (nSPS) is 11.8. The molecule has 0 aliphatic heterocycles. The lowest BCUT2D eigenvalue weighted by atomic mass is 10.2. The summed E-state index contributed by atoms with van der Waals surface area (Å²) in [6, 6.07) is 0. The van der Waals surface area contributed by atoms with Gasteiger partial charge in [-0.15, -0.1) is 0 Å². The van der Waals surface area contributed by atoms with Gasteiger partial charge in [0.2, 0.25) is 0 Å². The predicted molar refractivity (Wildman–Crippen MR) is 48.2 cm³/mol. The fourth-order valence-electron chi connectivity index (χ4n) is 0.820. The summed E-state index contributed by atoms with van der Waals surface area (Å²) in [5, 5.41) is 0. The van der Waals surface area contributed by atoms with Gasteiger partial charge in [0.1, 0.15) is 9.84 Å². The molecule has 0 atom stereocenters. The van der Waals surface area contributed by atoms with Gasteiger partial charge in [0.25, 0.3) is 0 Å². The van der Waals surface area contributed by atoms with Crippen LogP contribution in [0.25, 0.3) is 0 Å². The van der Waals surface area contributed by atoms with E-state index in [2.05, 4.69) is 6.92 Å². The Balaban J connectivity index is 3.39. The van der Waals surface area contributed by atoms with Gasteiger partial charge >= 0.3 is 0 Å². The van der Waals surface area contributed by atoms with Crippen LogP contribution in [0.1, 0.15) is 32.6 Å². The van der Waals surface area contributed by atoms with Gasteiger partial charge in [-0.25, -0.2) is 8.42 Å². The standard InChI is InChI=1S/C8H17O2S/c1-3-5-6-7-8-11(9,10)4-2/h1,3-8H2,2H3. The Morgan fingerprint density at radius 1 is 1.18 bits per heavy atom. The molecule has 0 amide bonds. The first-order chi connectivity index (χ1) is 5.12. The van der Waals surface area contributed by atoms with Crippen LogP contribution in [-0.2, 0) is 9.84 Å². The summed E-state index contributed by atoms with van der Waals surface area (Å²) in [5.41, 5.74) is 0. The molecule has 0 bridgehead atoms. The van der Waals surface area contributed by atoms with Crippen LogP contribution in [0, 0.1) is 6.92 Å². The van der Waals surface area contributed by atoms with E-state index in [9.17, 15) is 8.42 Å². The number of hydrogen-bond donors (Lipinski definition) is 0. The maximum Gasteiger partial charge on any atom is 0.150 e. The molecule has 0 fully saturated rings. The van der Waals surface area contributed by atoms with Crippen molar-refractivity contribution >= 4 is 9.84 Å². The highest BCUT2D eigenvalue weighted by atomic mass is 32.2. The molecule has 11 heavy (non-hydrogen) atoms. The summed E-state index contributed by atoms with van der Waals surface area (Å²) in [6.07, 6.45) is 3.74. The first-order valence-corrected chi connectivity index (χ1v) is 5.94. The molecule has 0 spiro atoms. The highest BCUT2D eigenvalue weighted by molar-refractivity contribution is 7.91. The molecule has 0 saturated carbocycles. The van der Waals surface area contributed by atoms with E-state index in [1.165, 1.54) is 0 Å². The molecule has 0 aliphatic carbocycles. The Morgan fingerprint density at radius 3 is 2.27 bits per heavy atom. The molecule has 3 heteroatoms. The highest BCUT2D eigenvalue weighted by Crippen LogP contribution is 2.01. The van der Waals surface area contributed by atoms with Crippen molar-refractivity contribution < 1.29 is 8.42 Å². The molecule has 0 aromatic heterocycles. The molecule has 0 N–H and O–H groups in total. The lowest BCUT2D eigenvalue weighted by molar-refractivity contribution is 0.591. The van der Waals surface area contributed by atoms with Crippen molar-refractivity contribution in [3.05, 3.63) is 6.92 Å². The maximum atomic E-state index is 10.9. The van der Waals surface area contributed by atoms with Crippen molar-refractivity contribution in [3.63, 3.8) is 0 Å². The molecule has 2 nitrogen and oxygen atoms in total. The zero-order valence-corrected chi connectivity index (χ0v) is 7.99. The zero-order valence-electron chi connectivity index (χ0n) is 7.17. The Morgan fingerprint density at radius 2 is 1.82 bits per heavy atom. The van der Waals surface area contributed by atoms with Crippen molar-refractivity contribution in [3.8, 4) is 0 Å². The van der Waals surface area contributed by atoms with Crippen LogP contribution in [0.2, 0.25) is 0 Å². The second-order valence-electron chi connectivity index (χ2n) is 2.65. The van der Waals surface area contributed by atoms with E-state index in [0.717, 1.165) is 25.7 Å². The van der Waals surface area contributed by atoms with Gasteiger partial charge < -0.3 is 0 Å². The summed E-state index contributed by atoms with van der Waals surface area (Å²) in [7, 11) is -2.72. The third-order valence-corrected chi connectivity index (χ3v) is 3.44. The van der Waals surface area contributed by atoms with Crippen LogP contribution in [0.3, 0.4) is 0 Å². The van der Waals surface area contributed by atoms with Crippen LogP contribution in [0.15, 0.2) is 0 Å². The van der Waals surface area contributed by atoms with E-state index in [4.69, 9.17) is 0 Å². The van der Waals surface area contributed by atoms with Crippen molar-refractivity contribution in [2.45, 2.75) is 32.6 Å². The van der Waals surface area contributed by atoms with Gasteiger partial charge in [0, 0.05) is 5.75 Å². The molecule has 0 aromatic rings. The molecule has 0 aliphatic rings. The highest BCUT2D eigenvalue weighted by Gasteiger charge is 2.05. The summed E-state index contributed by atoms with van der Waals surface area (Å²) in [5.74, 6) is 0.626. The van der Waals surface area contributed by atoms with Crippen LogP contribution in [0.5, 0.6) is 0 Å². The number of hydrogen-bond acceptors (Lipinski definition) is 2. The predicted octanol–water partition coefficient (Wildman–Crippen LogP) is 1.82. The third kappa shape index (κ3) is 6.35. The summed E-state index contributed by atoms with van der Waals surface area (Å²) >= 11 is 0. The largest absolute Gasteiger partial charge is 0.229 e. The minimum absolute atomic E-state index is 0.275. The van der Waals surface area contributed by atoms with Crippen LogP contribution in [-0.4, -0.2) is 19.9 Å². The van der Waals surface area contributed by atoms with E-state index in [-0.39, 0.29) is 5.75 Å². The molecular weight excluding hydrogens is 160 g/mol. The number of rotatable bonds is 6. The van der Waals surface area contributed by atoms with E-state index in [0.29, 0.717) is 5.75 Å². The molecule has 0 heterocycles. The smallest absolute Gasteiger partial charge is 0.150 e. The Bertz CT molecular complexity index is 171. The average Bonchev–Trinajstić information content (AvgIpc) is 1.99. The average molecular weight is 177 g/mol. The van der Waals surface area contributed by atoms with Crippen molar-refractivity contribution in [2.75, 3.05) is 11.5 Å². The monoisotopic (exact) mass is 177 g/mol. The Hall–Kier alpha value is -0.0500. The Labute approximate surface area is 69.9 Å². The summed E-state index contributed by atoms with van der Waals surface area (Å²) in [4.78, 5) is 0. The van der Waals surface area contributed by atoms with Crippen LogP contribution in [0.4, 0.5) is 0 Å². The van der Waals surface area contributed by atoms with Crippen molar-refractivity contribution in [1.82, 2.24) is 0 Å². The second-order valence-corrected chi connectivity index (χ2v) is 5.12. The molecule has 0 aromatic carbocycles. The quantitative estimate of drug-likeness (QED) is 0.580. The molecular formula is C8H17O2S. The lowest BCUT2D eigenvalue weighted by Crippen LogP contribution is -2.08. The molecule has 0 unspecified atom stereocenters. The van der Waals surface area contributed by atoms with Gasteiger partial charge in [-0.3, -0.25) is 0 Å². The van der Waals surface area contributed by atoms with Gasteiger partial charge in [0.05, 0.1) is 5.75 Å². The van der Waals surface area contributed by atoms with E-state index in [1.807, 2.05) is 0 Å². The van der Waals surface area contributed by atoms with E-state index >= 15 is 0 Å². The maximum absolute atomic E-state index is 10.9. The molecule has 0 saturated heterocycles. The summed E-state index contributed by atoms with van der Waals surface area (Å²) < 4.78 is 21.9. The number of sulfone groups is 1. The molecule has 67 valence electrons. The topological polar surface area (TPSA) is 34.1 Å². The molecule has 1 radical (unpaired) electrons. The minimum atomic E-state index is -2.72. The van der Waals surface area contributed by atoms with Crippen molar-refractivity contribution in [2.24, 2.45) is 0 Å². The van der Waals surface area contributed by atoms with Crippen LogP contribution >= 0.6 is 0 Å². The number of unbranched alkanes of at least 4 members (excludes halogenated alkanes) is 3. The van der Waals surface area contributed by atoms with Gasteiger partial charge in [-0.1, -0.05) is 33.1 Å². The third-order valence-electron chi connectivity index (χ3n) is 1.65. The first-order valence-electron chi connectivity index (χ1n) is 4.12. The fraction of sp³-hybridized carbons (Fsp3) is 0.875. The van der Waals surface area contributed by atoms with E-state index < -0.39 is 9.84 Å². The second kappa shape index (κ2) is 5.58. The zero-order chi connectivity index (χ0) is 8.74. The van der Waals surface area contributed by atoms with Gasteiger partial charge in [-0.2, -0.15) is 0 Å². The van der Waals surface area contributed by atoms with E-state index in [1.54, 1.807) is 6.92 Å². The van der Waals surface area contributed by atoms with Gasteiger partial charge in [-0.05, 0) is 6.42 Å². The van der Waals surface area contributed by atoms with Crippen molar-refractivity contribution in [1.29, 1.82) is 0 Å². The Kier molecular flexibility index (Phi) is 5.56. The fourth-order valence-corrected chi connectivity index (χ4v) is 1.75. The minimum Gasteiger partial charge on any atom is -0.229 e. The SMILES string of the molecule is [CH2]CCCCCS(=O)(=O)CC. The summed E-state index contributed by atoms with van der Waals surface area (Å²) in [6.45, 7) is 5.38. The first kappa shape index (κ1) is 11.0. The molecule has 0 rings (SSSR count). The van der Waals surface area contributed by atoms with Crippen LogP contribution < -0.4 is 0 Å². The lowest BCUT2D eigenvalue weighted by Gasteiger charge is -1.99.